The highest BCUT2D eigenvalue weighted by atomic mass is 16.2. The minimum Gasteiger partial charge on any atom is -0.360 e. The van der Waals surface area contributed by atoms with Crippen LogP contribution < -0.4 is 10.6 Å². The van der Waals surface area contributed by atoms with Crippen LogP contribution in [0.15, 0.2) is 67.1 Å². The monoisotopic (exact) mass is 452 g/mol. The number of pyridine rings is 1. The summed E-state index contributed by atoms with van der Waals surface area (Å²) in [5.41, 5.74) is 2.55. The Morgan fingerprint density at radius 3 is 2.76 bits per heavy atom. The first kappa shape index (κ1) is 20.9. The van der Waals surface area contributed by atoms with E-state index in [-0.39, 0.29) is 29.2 Å². The largest absolute Gasteiger partial charge is 0.360 e. The number of benzene rings is 2. The SMILES string of the molecule is O=C(NC(CNC(=O)C1CCCC12CC2)c1ccc2ccccc2c1)c1cncc2[nH]ccc12. The van der Waals surface area contributed by atoms with Crippen LogP contribution in [0.4, 0.5) is 0 Å². The Morgan fingerprint density at radius 1 is 1.06 bits per heavy atom. The molecular weight excluding hydrogens is 424 g/mol. The molecule has 2 atom stereocenters. The maximum atomic E-state index is 13.3. The summed E-state index contributed by atoms with van der Waals surface area (Å²) < 4.78 is 0. The van der Waals surface area contributed by atoms with Crippen molar-refractivity contribution in [2.45, 2.75) is 38.1 Å². The van der Waals surface area contributed by atoms with Gasteiger partial charge >= 0.3 is 0 Å². The third-order valence-electron chi connectivity index (χ3n) is 7.80. The van der Waals surface area contributed by atoms with Crippen LogP contribution in [0, 0.1) is 11.3 Å². The van der Waals surface area contributed by atoms with Crippen molar-refractivity contribution in [3.63, 3.8) is 0 Å². The summed E-state index contributed by atoms with van der Waals surface area (Å²) in [6, 6.07) is 15.9. The molecule has 0 radical (unpaired) electrons. The van der Waals surface area contributed by atoms with Gasteiger partial charge in [-0.3, -0.25) is 14.6 Å². The van der Waals surface area contributed by atoms with Crippen molar-refractivity contribution >= 4 is 33.5 Å². The van der Waals surface area contributed by atoms with Gasteiger partial charge in [0.15, 0.2) is 0 Å². The molecule has 0 bridgehead atoms. The average Bonchev–Trinajstić information content (AvgIpc) is 3.27. The normalized spacial score (nSPS) is 19.4. The standard InChI is InChI=1S/C28H28N4O2/c33-26(22-15-29-16-25-21(22)9-13-30-25)32-24(20-8-7-18-4-1-2-5-19(18)14-20)17-31-27(34)23-6-3-10-28(23)11-12-28/h1-2,4-5,7-9,13-16,23-24,30H,3,6,10-12,17H2,(H,31,34)(H,32,33). The van der Waals surface area contributed by atoms with Crippen LogP contribution in [0.5, 0.6) is 0 Å². The summed E-state index contributed by atoms with van der Waals surface area (Å²) in [6.07, 6.45) is 10.7. The first-order chi connectivity index (χ1) is 16.6. The smallest absolute Gasteiger partial charge is 0.254 e. The van der Waals surface area contributed by atoms with Crippen molar-refractivity contribution in [1.82, 2.24) is 20.6 Å². The highest BCUT2D eigenvalue weighted by Gasteiger charge is 2.54. The maximum absolute atomic E-state index is 13.3. The molecule has 6 heteroatoms. The van der Waals surface area contributed by atoms with Crippen LogP contribution >= 0.6 is 0 Å². The summed E-state index contributed by atoms with van der Waals surface area (Å²) in [4.78, 5) is 33.8. The highest BCUT2D eigenvalue weighted by molar-refractivity contribution is 6.06. The number of nitrogens with zero attached hydrogens (tertiary/aromatic N) is 1. The van der Waals surface area contributed by atoms with Gasteiger partial charge in [-0.05, 0) is 59.6 Å². The van der Waals surface area contributed by atoms with E-state index in [9.17, 15) is 9.59 Å². The van der Waals surface area contributed by atoms with Crippen LogP contribution in [0.2, 0.25) is 0 Å². The number of rotatable bonds is 6. The van der Waals surface area contributed by atoms with Gasteiger partial charge in [-0.2, -0.15) is 0 Å². The van der Waals surface area contributed by atoms with Gasteiger partial charge in [-0.15, -0.1) is 0 Å². The van der Waals surface area contributed by atoms with Crippen LogP contribution in [-0.4, -0.2) is 28.3 Å². The molecule has 2 aliphatic rings. The molecule has 34 heavy (non-hydrogen) atoms. The molecule has 6 rings (SSSR count). The van der Waals surface area contributed by atoms with Crippen molar-refractivity contribution in [2.24, 2.45) is 11.3 Å². The molecule has 172 valence electrons. The first-order valence-corrected chi connectivity index (χ1v) is 12.1. The Kier molecular flexibility index (Phi) is 5.09. The van der Waals surface area contributed by atoms with E-state index in [2.05, 4.69) is 44.9 Å². The van der Waals surface area contributed by atoms with E-state index in [1.165, 1.54) is 19.3 Å². The Labute approximate surface area is 198 Å². The quantitative estimate of drug-likeness (QED) is 0.390. The second-order valence-corrected chi connectivity index (χ2v) is 9.81. The Bertz CT molecular complexity index is 1390. The van der Waals surface area contributed by atoms with Gasteiger partial charge < -0.3 is 15.6 Å². The van der Waals surface area contributed by atoms with Crippen molar-refractivity contribution in [2.75, 3.05) is 6.54 Å². The average molecular weight is 453 g/mol. The lowest BCUT2D eigenvalue weighted by Crippen LogP contribution is -2.41. The first-order valence-electron chi connectivity index (χ1n) is 12.1. The summed E-state index contributed by atoms with van der Waals surface area (Å²) in [5.74, 6) is 0.0346. The molecule has 2 fully saturated rings. The van der Waals surface area contributed by atoms with E-state index >= 15 is 0 Å². The minimum absolute atomic E-state index is 0.109. The van der Waals surface area contributed by atoms with Crippen molar-refractivity contribution < 1.29 is 9.59 Å². The lowest BCUT2D eigenvalue weighted by atomic mass is 9.92. The molecule has 2 amide bonds. The molecule has 2 aliphatic carbocycles. The fourth-order valence-corrected chi connectivity index (χ4v) is 5.71. The van der Waals surface area contributed by atoms with E-state index in [4.69, 9.17) is 0 Å². The van der Waals surface area contributed by atoms with Crippen molar-refractivity contribution in [1.29, 1.82) is 0 Å². The third kappa shape index (κ3) is 3.73. The predicted molar refractivity (Wildman–Crippen MR) is 132 cm³/mol. The number of aromatic amines is 1. The number of amides is 2. The molecule has 6 nitrogen and oxygen atoms in total. The molecule has 2 saturated carbocycles. The number of hydrogen-bond donors (Lipinski definition) is 3. The topological polar surface area (TPSA) is 86.9 Å². The lowest BCUT2D eigenvalue weighted by Gasteiger charge is -2.23. The fourth-order valence-electron chi connectivity index (χ4n) is 5.71. The van der Waals surface area contributed by atoms with E-state index < -0.39 is 0 Å². The van der Waals surface area contributed by atoms with Gasteiger partial charge in [0, 0.05) is 30.2 Å². The Hall–Kier alpha value is -3.67. The second-order valence-electron chi connectivity index (χ2n) is 9.81. The van der Waals surface area contributed by atoms with Crippen LogP contribution in [0.25, 0.3) is 21.7 Å². The zero-order valence-corrected chi connectivity index (χ0v) is 19.0. The summed E-state index contributed by atoms with van der Waals surface area (Å²) in [6.45, 7) is 0.353. The molecule has 1 spiro atoms. The van der Waals surface area contributed by atoms with Gasteiger partial charge in [0.2, 0.25) is 5.91 Å². The van der Waals surface area contributed by atoms with E-state index in [0.717, 1.165) is 40.1 Å². The van der Waals surface area contributed by atoms with Crippen molar-refractivity contribution in [3.05, 3.63) is 78.2 Å². The molecule has 4 aromatic rings. The minimum atomic E-state index is -0.355. The van der Waals surface area contributed by atoms with E-state index in [1.807, 2.05) is 24.3 Å². The Balaban J connectivity index is 1.27. The zero-order chi connectivity index (χ0) is 23.1. The number of carbonyl (C=O) groups excluding carboxylic acids is 2. The molecule has 2 heterocycles. The zero-order valence-electron chi connectivity index (χ0n) is 19.0. The van der Waals surface area contributed by atoms with Crippen LogP contribution in [0.1, 0.15) is 54.1 Å². The molecule has 3 N–H and O–H groups in total. The predicted octanol–water partition coefficient (Wildman–Crippen LogP) is 4.88. The molecule has 0 aliphatic heterocycles. The highest BCUT2D eigenvalue weighted by Crippen LogP contribution is 2.61. The van der Waals surface area contributed by atoms with Gasteiger partial charge in [0.05, 0.1) is 23.3 Å². The number of aromatic nitrogens is 2. The molecule has 2 aromatic heterocycles. The van der Waals surface area contributed by atoms with E-state index in [1.54, 1.807) is 18.6 Å². The van der Waals surface area contributed by atoms with E-state index in [0.29, 0.717) is 12.1 Å². The number of H-pyrrole nitrogens is 1. The summed E-state index contributed by atoms with van der Waals surface area (Å²) in [5, 5.41) is 9.43. The molecule has 0 saturated heterocycles. The molecule has 2 unspecified atom stereocenters. The summed E-state index contributed by atoms with van der Waals surface area (Å²) >= 11 is 0. The number of fused-ring (bicyclic) bond motifs is 2. The van der Waals surface area contributed by atoms with Gasteiger partial charge in [0.25, 0.3) is 5.91 Å². The van der Waals surface area contributed by atoms with Gasteiger partial charge in [-0.1, -0.05) is 42.8 Å². The lowest BCUT2D eigenvalue weighted by molar-refractivity contribution is -0.126. The summed E-state index contributed by atoms with van der Waals surface area (Å²) in [7, 11) is 0. The second kappa shape index (κ2) is 8.28. The number of hydrogen-bond acceptors (Lipinski definition) is 3. The third-order valence-corrected chi connectivity index (χ3v) is 7.80. The Morgan fingerprint density at radius 2 is 1.91 bits per heavy atom. The van der Waals surface area contributed by atoms with Gasteiger partial charge in [0.1, 0.15) is 0 Å². The fraction of sp³-hybridized carbons (Fsp3) is 0.321. The molecule has 2 aromatic carbocycles. The number of carbonyl (C=O) groups is 2. The number of nitrogens with one attached hydrogen (secondary N) is 3. The van der Waals surface area contributed by atoms with Crippen molar-refractivity contribution in [3.8, 4) is 0 Å². The maximum Gasteiger partial charge on any atom is 0.254 e. The van der Waals surface area contributed by atoms with Crippen LogP contribution in [0.3, 0.4) is 0 Å². The van der Waals surface area contributed by atoms with Gasteiger partial charge in [-0.25, -0.2) is 0 Å². The molecular formula is C28H28N4O2. The van der Waals surface area contributed by atoms with Crippen LogP contribution in [-0.2, 0) is 4.79 Å².